The summed E-state index contributed by atoms with van der Waals surface area (Å²) in [5.41, 5.74) is 5.50. The molecule has 1 N–H and O–H groups in total. The summed E-state index contributed by atoms with van der Waals surface area (Å²) in [6, 6.07) is 10.3. The van der Waals surface area contributed by atoms with Gasteiger partial charge in [-0.2, -0.15) is 15.1 Å². The van der Waals surface area contributed by atoms with Crippen LogP contribution in [0.3, 0.4) is 0 Å². The Morgan fingerprint density at radius 1 is 1.11 bits per heavy atom. The zero-order chi connectivity index (χ0) is 19.3. The Morgan fingerprint density at radius 3 is 2.52 bits per heavy atom. The molecular weight excluding hydrogens is 358 g/mol. The Hall–Kier alpha value is -2.93. The van der Waals surface area contributed by atoms with Gasteiger partial charge in [-0.3, -0.25) is 10.2 Å². The molecule has 4 rings (SSSR count). The van der Waals surface area contributed by atoms with Gasteiger partial charge in [-0.15, -0.1) is 0 Å². The van der Waals surface area contributed by atoms with Gasteiger partial charge in [0.25, 0.3) is 5.91 Å². The number of thioether (sulfide) groups is 1. The Bertz CT molecular complexity index is 1070. The maximum atomic E-state index is 12.5. The number of aryl methyl sites for hydroxylation is 2. The molecule has 2 aliphatic heterocycles. The summed E-state index contributed by atoms with van der Waals surface area (Å²) >= 11 is 1.31. The van der Waals surface area contributed by atoms with Gasteiger partial charge in [0.1, 0.15) is 0 Å². The van der Waals surface area contributed by atoms with E-state index < -0.39 is 5.91 Å². The van der Waals surface area contributed by atoms with E-state index in [1.165, 1.54) is 22.3 Å². The second-order valence-corrected chi connectivity index (χ2v) is 7.80. The lowest BCUT2D eigenvalue weighted by molar-refractivity contribution is -0.114. The third-order valence-corrected chi connectivity index (χ3v) is 5.44. The van der Waals surface area contributed by atoms with Crippen LogP contribution >= 0.6 is 11.8 Å². The van der Waals surface area contributed by atoms with Crippen molar-refractivity contribution in [1.29, 1.82) is 5.41 Å². The number of amidine groups is 2. The van der Waals surface area contributed by atoms with Gasteiger partial charge in [0, 0.05) is 17.1 Å². The van der Waals surface area contributed by atoms with Crippen LogP contribution in [0.4, 0.5) is 0 Å². The highest BCUT2D eigenvalue weighted by Crippen LogP contribution is 2.29. The average molecular weight is 377 g/mol. The highest BCUT2D eigenvalue weighted by molar-refractivity contribution is 8.26. The number of hydrogen-bond donors (Lipinski definition) is 1. The molecule has 0 radical (unpaired) electrons. The normalized spacial score (nSPS) is 18.1. The first-order chi connectivity index (χ1) is 12.8. The van der Waals surface area contributed by atoms with E-state index >= 15 is 0 Å². The molecule has 136 valence electrons. The summed E-state index contributed by atoms with van der Waals surface area (Å²) in [7, 11) is 0. The van der Waals surface area contributed by atoms with Crippen LogP contribution in [-0.2, 0) is 4.79 Å². The van der Waals surface area contributed by atoms with E-state index in [0.29, 0.717) is 5.17 Å². The largest absolute Gasteiger partial charge is 0.318 e. The monoisotopic (exact) mass is 377 g/mol. The Balaban J connectivity index is 1.77. The zero-order valence-corrected chi connectivity index (χ0v) is 16.4. The third kappa shape index (κ3) is 2.94. The van der Waals surface area contributed by atoms with Crippen molar-refractivity contribution in [3.8, 4) is 5.69 Å². The number of amides is 1. The maximum absolute atomic E-state index is 12.5. The molecule has 7 heteroatoms. The smallest absolute Gasteiger partial charge is 0.283 e. The van der Waals surface area contributed by atoms with Crippen LogP contribution < -0.4 is 0 Å². The van der Waals surface area contributed by atoms with E-state index in [-0.39, 0.29) is 11.4 Å². The summed E-state index contributed by atoms with van der Waals surface area (Å²) in [6.45, 7) is 7.94. The van der Waals surface area contributed by atoms with Crippen LogP contribution in [0.15, 0.2) is 46.0 Å². The quantitative estimate of drug-likeness (QED) is 0.803. The first-order valence-electron chi connectivity index (χ1n) is 8.58. The molecule has 0 bridgehead atoms. The number of carbonyl (C=O) groups excluding carboxylic acids is 1. The first kappa shape index (κ1) is 17.5. The fraction of sp³-hybridized carbons (Fsp3) is 0.200. The summed E-state index contributed by atoms with van der Waals surface area (Å²) < 4.78 is 2.14. The first-order valence-corrected chi connectivity index (χ1v) is 9.39. The SMILES string of the molecule is CC1=NN2C(=N)/C(=C/c3cc(C)n(-c4ccc(C)cc4)c3C)C(=O)N=C2S1. The molecule has 27 heavy (non-hydrogen) atoms. The van der Waals surface area contributed by atoms with Crippen molar-refractivity contribution in [2.45, 2.75) is 27.7 Å². The van der Waals surface area contributed by atoms with Gasteiger partial charge in [0.05, 0.1) is 10.6 Å². The topological polar surface area (TPSA) is 73.8 Å². The van der Waals surface area contributed by atoms with Crippen molar-refractivity contribution < 1.29 is 4.79 Å². The Labute approximate surface area is 161 Å². The minimum Gasteiger partial charge on any atom is -0.318 e. The molecule has 0 saturated carbocycles. The second-order valence-electron chi connectivity index (χ2n) is 6.64. The van der Waals surface area contributed by atoms with E-state index in [0.717, 1.165) is 27.7 Å². The van der Waals surface area contributed by atoms with E-state index in [9.17, 15) is 4.79 Å². The van der Waals surface area contributed by atoms with E-state index in [1.807, 2.05) is 26.8 Å². The van der Waals surface area contributed by atoms with Crippen LogP contribution in [-0.4, -0.2) is 31.5 Å². The molecule has 1 amide bonds. The minimum absolute atomic E-state index is 0.0643. The molecule has 3 heterocycles. The van der Waals surface area contributed by atoms with Gasteiger partial charge in [-0.05, 0) is 69.3 Å². The lowest BCUT2D eigenvalue weighted by Gasteiger charge is -2.20. The van der Waals surface area contributed by atoms with E-state index in [1.54, 1.807) is 6.08 Å². The van der Waals surface area contributed by atoms with Crippen LogP contribution in [0.2, 0.25) is 0 Å². The van der Waals surface area contributed by atoms with Crippen molar-refractivity contribution in [1.82, 2.24) is 9.58 Å². The number of benzene rings is 1. The van der Waals surface area contributed by atoms with Gasteiger partial charge >= 0.3 is 0 Å². The number of aromatic nitrogens is 1. The fourth-order valence-corrected chi connectivity index (χ4v) is 4.00. The molecule has 0 saturated heterocycles. The number of rotatable bonds is 2. The molecule has 0 fully saturated rings. The second kappa shape index (κ2) is 6.35. The standard InChI is InChI=1S/C20H19N5OS/c1-11-5-7-16(8-6-11)24-12(2)9-15(13(24)3)10-17-18(21)25-20(22-19(17)26)27-14(4)23-25/h5-10,21H,1-4H3/b17-10-,21-18?. The number of nitrogens with zero attached hydrogens (tertiary/aromatic N) is 4. The molecule has 2 aromatic rings. The number of fused-ring (bicyclic) bond motifs is 1. The minimum atomic E-state index is -0.399. The fourth-order valence-electron chi connectivity index (χ4n) is 3.27. The van der Waals surface area contributed by atoms with Crippen molar-refractivity contribution in [3.63, 3.8) is 0 Å². The average Bonchev–Trinajstić information content (AvgIpc) is 3.12. The Kier molecular flexibility index (Phi) is 4.11. The van der Waals surface area contributed by atoms with E-state index in [2.05, 4.69) is 45.9 Å². The number of aliphatic imine (C=N–C) groups is 1. The zero-order valence-electron chi connectivity index (χ0n) is 15.6. The van der Waals surface area contributed by atoms with Crippen molar-refractivity contribution >= 4 is 39.8 Å². The van der Waals surface area contributed by atoms with Crippen molar-refractivity contribution in [2.75, 3.05) is 0 Å². The summed E-state index contributed by atoms with van der Waals surface area (Å²) in [4.78, 5) is 16.6. The van der Waals surface area contributed by atoms with Crippen LogP contribution in [0.25, 0.3) is 11.8 Å². The summed E-state index contributed by atoms with van der Waals surface area (Å²) in [6.07, 6.45) is 1.74. The maximum Gasteiger partial charge on any atom is 0.283 e. The molecule has 1 aromatic heterocycles. The van der Waals surface area contributed by atoms with Crippen LogP contribution in [0, 0.1) is 26.2 Å². The van der Waals surface area contributed by atoms with Crippen LogP contribution in [0.5, 0.6) is 0 Å². The van der Waals surface area contributed by atoms with Gasteiger partial charge in [0.2, 0.25) is 5.17 Å². The molecule has 0 unspecified atom stereocenters. The molecule has 2 aliphatic rings. The predicted molar refractivity (Wildman–Crippen MR) is 111 cm³/mol. The number of hydrazone groups is 1. The van der Waals surface area contributed by atoms with E-state index in [4.69, 9.17) is 5.41 Å². The van der Waals surface area contributed by atoms with Gasteiger partial charge in [0.15, 0.2) is 5.84 Å². The van der Waals surface area contributed by atoms with Gasteiger partial charge in [-0.1, -0.05) is 17.7 Å². The Morgan fingerprint density at radius 2 is 1.81 bits per heavy atom. The van der Waals surface area contributed by atoms with Crippen LogP contribution in [0.1, 0.15) is 29.4 Å². The highest BCUT2D eigenvalue weighted by Gasteiger charge is 2.34. The molecular formula is C20H19N5OS. The van der Waals surface area contributed by atoms with Gasteiger partial charge < -0.3 is 4.57 Å². The summed E-state index contributed by atoms with van der Waals surface area (Å²) in [5, 5.41) is 15.3. The number of nitrogens with one attached hydrogen (secondary N) is 1. The third-order valence-electron chi connectivity index (χ3n) is 4.62. The molecule has 6 nitrogen and oxygen atoms in total. The molecule has 1 aromatic carbocycles. The predicted octanol–water partition coefficient (Wildman–Crippen LogP) is 4.04. The van der Waals surface area contributed by atoms with Crippen molar-refractivity contribution in [3.05, 3.63) is 58.4 Å². The highest BCUT2D eigenvalue weighted by atomic mass is 32.2. The van der Waals surface area contributed by atoms with Crippen molar-refractivity contribution in [2.24, 2.45) is 10.1 Å². The molecule has 0 aliphatic carbocycles. The molecule has 0 atom stereocenters. The summed E-state index contributed by atoms with van der Waals surface area (Å²) in [5.74, 6) is -0.335. The molecule has 0 spiro atoms. The lowest BCUT2D eigenvalue weighted by atomic mass is 10.1. The number of carbonyl (C=O) groups is 1. The lowest BCUT2D eigenvalue weighted by Crippen LogP contribution is -2.35. The number of hydrogen-bond acceptors (Lipinski definition) is 4. The van der Waals surface area contributed by atoms with Gasteiger partial charge in [-0.25, -0.2) is 0 Å².